The number of hydrogen-bond donors (Lipinski definition) is 2. The molecular weight excluding hydrogens is 960 g/mol. The Balaban J connectivity index is 4.08. The Morgan fingerprint density at radius 3 is 1.07 bits per heavy atom. The largest absolute Gasteiger partial charge is 0.756 e. The van der Waals surface area contributed by atoms with E-state index in [1.54, 1.807) is 6.08 Å². The zero-order chi connectivity index (χ0) is 55.6. The average molecular weight is 1090 g/mol. The summed E-state index contributed by atoms with van der Waals surface area (Å²) in [7, 11) is 1.26. The van der Waals surface area contributed by atoms with Crippen molar-refractivity contribution in [2.24, 2.45) is 0 Å². The van der Waals surface area contributed by atoms with Crippen LogP contribution in [-0.4, -0.2) is 68.5 Å². The van der Waals surface area contributed by atoms with Crippen molar-refractivity contribution in [2.75, 3.05) is 40.9 Å². The number of amides is 1. The molecule has 0 heterocycles. The van der Waals surface area contributed by atoms with E-state index >= 15 is 0 Å². The third-order valence-corrected chi connectivity index (χ3v) is 16.3. The first kappa shape index (κ1) is 74.7. The Bertz CT molecular complexity index is 1330. The number of nitrogens with one attached hydrogen (secondary N) is 1. The molecule has 9 heteroatoms. The van der Waals surface area contributed by atoms with E-state index in [0.29, 0.717) is 17.4 Å². The highest BCUT2D eigenvalue weighted by Crippen LogP contribution is 2.38. The molecule has 3 unspecified atom stereocenters. The Labute approximate surface area is 474 Å². The maximum absolute atomic E-state index is 13.0. The number of unbranched alkanes of at least 4 members (excludes halogenated alkanes) is 45. The first-order valence-corrected chi connectivity index (χ1v) is 34.8. The Kier molecular flexibility index (Phi) is 57.4. The van der Waals surface area contributed by atoms with Crippen LogP contribution in [0.25, 0.3) is 0 Å². The van der Waals surface area contributed by atoms with Crippen LogP contribution >= 0.6 is 7.82 Å². The minimum absolute atomic E-state index is 0.00483. The topological polar surface area (TPSA) is 108 Å². The van der Waals surface area contributed by atoms with Gasteiger partial charge in [-0.3, -0.25) is 9.36 Å². The average Bonchev–Trinajstić information content (AvgIpc) is 3.38. The molecule has 0 aromatic carbocycles. The van der Waals surface area contributed by atoms with Gasteiger partial charge in [0.05, 0.1) is 39.9 Å². The van der Waals surface area contributed by atoms with Gasteiger partial charge in [-0.05, 0) is 57.8 Å². The molecule has 0 aliphatic rings. The number of carbonyl (C=O) groups is 1. The summed E-state index contributed by atoms with van der Waals surface area (Å²) in [4.78, 5) is 25.6. The number of allylic oxidation sites excluding steroid dienone is 5. The molecule has 1 amide bonds. The van der Waals surface area contributed by atoms with Gasteiger partial charge >= 0.3 is 0 Å². The van der Waals surface area contributed by atoms with Gasteiger partial charge in [-0.2, -0.15) is 0 Å². The molecule has 0 radical (unpaired) electrons. The number of carbonyl (C=O) groups excluding carboxylic acids is 1. The van der Waals surface area contributed by atoms with E-state index < -0.39 is 20.0 Å². The lowest BCUT2D eigenvalue weighted by molar-refractivity contribution is -0.870. The lowest BCUT2D eigenvalue weighted by atomic mass is 10.0. The predicted octanol–water partition coefficient (Wildman–Crippen LogP) is 20.3. The fourth-order valence-electron chi connectivity index (χ4n) is 10.1. The summed E-state index contributed by atoms with van der Waals surface area (Å²) in [5.74, 6) is -0.201. The normalized spacial score (nSPS) is 13.9. The second-order valence-electron chi connectivity index (χ2n) is 24.2. The van der Waals surface area contributed by atoms with Crippen LogP contribution in [0.1, 0.15) is 335 Å². The van der Waals surface area contributed by atoms with Crippen LogP contribution in [0.3, 0.4) is 0 Å². The minimum Gasteiger partial charge on any atom is -0.756 e. The Morgan fingerprint density at radius 2 is 0.737 bits per heavy atom. The quantitative estimate of drug-likeness (QED) is 0.0272. The van der Waals surface area contributed by atoms with Crippen molar-refractivity contribution in [3.8, 4) is 0 Å². The molecule has 76 heavy (non-hydrogen) atoms. The van der Waals surface area contributed by atoms with E-state index in [1.807, 2.05) is 27.2 Å². The zero-order valence-corrected chi connectivity index (χ0v) is 52.4. The maximum atomic E-state index is 13.0. The van der Waals surface area contributed by atoms with Crippen molar-refractivity contribution >= 4 is 13.7 Å². The molecule has 3 atom stereocenters. The number of likely N-dealkylation sites (N-methyl/N-ethyl adjacent to an activating group) is 1. The van der Waals surface area contributed by atoms with Crippen molar-refractivity contribution in [1.29, 1.82) is 0 Å². The fraction of sp³-hybridized carbons (Fsp3) is 0.896. The maximum Gasteiger partial charge on any atom is 0.268 e. The molecule has 450 valence electrons. The van der Waals surface area contributed by atoms with Gasteiger partial charge in [0, 0.05) is 6.42 Å². The van der Waals surface area contributed by atoms with Crippen LogP contribution in [0.15, 0.2) is 36.5 Å². The number of quaternary nitrogens is 1. The number of aliphatic hydroxyl groups excluding tert-OH is 1. The monoisotopic (exact) mass is 1090 g/mol. The molecule has 0 aromatic rings. The summed E-state index contributed by atoms with van der Waals surface area (Å²) in [5.41, 5.74) is 0. The number of phosphoric acid groups is 1. The van der Waals surface area contributed by atoms with Crippen molar-refractivity contribution < 1.29 is 32.9 Å². The van der Waals surface area contributed by atoms with Gasteiger partial charge in [-0.15, -0.1) is 0 Å². The van der Waals surface area contributed by atoms with Crippen LogP contribution in [0.4, 0.5) is 0 Å². The fourth-order valence-corrected chi connectivity index (χ4v) is 10.8. The standard InChI is InChI=1S/C67H131N2O6P/c1-6-8-10-12-14-16-18-20-22-24-26-28-30-31-32-33-34-35-36-37-38-39-41-43-45-47-49-51-53-55-57-59-61-67(71)68-65(64-75-76(72,73)74-63-62-69(3,4)5)66(70)60-58-56-54-52-50-48-46-44-42-40-29-27-25-23-21-19-17-15-13-11-9-7-2/h31-32,50,52,58,60,65-66,70H,6-30,33-49,51,53-57,59,61-64H2,1-5H3,(H-,68,71,72,73)/b32-31-,52-50+,60-58+. The first-order valence-electron chi connectivity index (χ1n) is 33.4. The number of aliphatic hydroxyl groups is 1. The molecule has 0 spiro atoms. The summed E-state index contributed by atoms with van der Waals surface area (Å²) in [6.07, 6.45) is 76.9. The van der Waals surface area contributed by atoms with E-state index in [9.17, 15) is 19.4 Å². The molecular formula is C67H131N2O6P. The summed E-state index contributed by atoms with van der Waals surface area (Å²) in [6.45, 7) is 4.68. The summed E-state index contributed by atoms with van der Waals surface area (Å²) >= 11 is 0. The lowest BCUT2D eigenvalue weighted by Crippen LogP contribution is -2.45. The van der Waals surface area contributed by atoms with Crippen LogP contribution in [0.5, 0.6) is 0 Å². The van der Waals surface area contributed by atoms with E-state index in [-0.39, 0.29) is 19.1 Å². The second kappa shape index (κ2) is 58.4. The van der Waals surface area contributed by atoms with Crippen LogP contribution < -0.4 is 10.2 Å². The second-order valence-corrected chi connectivity index (χ2v) is 25.6. The zero-order valence-electron chi connectivity index (χ0n) is 51.5. The van der Waals surface area contributed by atoms with Gasteiger partial charge in [0.25, 0.3) is 7.82 Å². The molecule has 0 aromatic heterocycles. The summed E-state index contributed by atoms with van der Waals surface area (Å²) < 4.78 is 23.4. The Hall–Kier alpha value is -1.28. The van der Waals surface area contributed by atoms with Crippen LogP contribution in [-0.2, 0) is 18.4 Å². The van der Waals surface area contributed by atoms with Crippen molar-refractivity contribution in [3.63, 3.8) is 0 Å². The van der Waals surface area contributed by atoms with Crippen LogP contribution in [0.2, 0.25) is 0 Å². The van der Waals surface area contributed by atoms with E-state index in [2.05, 4.69) is 43.5 Å². The molecule has 0 saturated carbocycles. The summed E-state index contributed by atoms with van der Waals surface area (Å²) in [6, 6.07) is -0.903. The molecule has 2 N–H and O–H groups in total. The predicted molar refractivity (Wildman–Crippen MR) is 330 cm³/mol. The number of hydrogen-bond acceptors (Lipinski definition) is 6. The highest BCUT2D eigenvalue weighted by Gasteiger charge is 2.23. The highest BCUT2D eigenvalue weighted by molar-refractivity contribution is 7.45. The van der Waals surface area contributed by atoms with Crippen molar-refractivity contribution in [3.05, 3.63) is 36.5 Å². The smallest absolute Gasteiger partial charge is 0.268 e. The van der Waals surface area contributed by atoms with Crippen molar-refractivity contribution in [2.45, 2.75) is 347 Å². The molecule has 8 nitrogen and oxygen atoms in total. The lowest BCUT2D eigenvalue weighted by Gasteiger charge is -2.29. The van der Waals surface area contributed by atoms with Gasteiger partial charge in [0.15, 0.2) is 0 Å². The van der Waals surface area contributed by atoms with Gasteiger partial charge in [-0.1, -0.05) is 307 Å². The minimum atomic E-state index is -4.61. The number of rotatable bonds is 62. The highest BCUT2D eigenvalue weighted by atomic mass is 31.2. The Morgan fingerprint density at radius 1 is 0.447 bits per heavy atom. The first-order chi connectivity index (χ1) is 37.0. The van der Waals surface area contributed by atoms with Gasteiger partial charge in [-0.25, -0.2) is 0 Å². The third kappa shape index (κ3) is 60.4. The third-order valence-electron chi connectivity index (χ3n) is 15.3. The van der Waals surface area contributed by atoms with Crippen LogP contribution in [0, 0.1) is 0 Å². The van der Waals surface area contributed by atoms with Gasteiger partial charge in [0.2, 0.25) is 5.91 Å². The van der Waals surface area contributed by atoms with Gasteiger partial charge < -0.3 is 28.8 Å². The molecule has 0 fully saturated rings. The molecule has 0 rings (SSSR count). The number of nitrogens with zero attached hydrogens (tertiary/aromatic N) is 1. The molecule has 0 aliphatic carbocycles. The summed E-state index contributed by atoms with van der Waals surface area (Å²) in [5, 5.41) is 13.9. The molecule has 0 bridgehead atoms. The van der Waals surface area contributed by atoms with Gasteiger partial charge in [0.1, 0.15) is 13.2 Å². The van der Waals surface area contributed by atoms with E-state index in [4.69, 9.17) is 9.05 Å². The number of phosphoric ester groups is 1. The van der Waals surface area contributed by atoms with Crippen molar-refractivity contribution in [1.82, 2.24) is 5.32 Å². The van der Waals surface area contributed by atoms with E-state index in [1.165, 1.54) is 276 Å². The molecule has 0 aliphatic heterocycles. The molecule has 0 saturated heterocycles. The SMILES string of the molecule is CCCCCCCCCCCCCC/C=C\CCCCCCCCCCCCCCCCCCC(=O)NC(COP(=O)([O-])OCC[N+](C)(C)C)C(O)/C=C/CC/C=C/CCCCCCCCCCCCCCCCCC. The van der Waals surface area contributed by atoms with E-state index in [0.717, 1.165) is 38.5 Å².